The highest BCUT2D eigenvalue weighted by molar-refractivity contribution is 8.08. The number of rotatable bonds is 5. The van der Waals surface area contributed by atoms with E-state index >= 15 is 0 Å². The molecule has 0 saturated carbocycles. The predicted molar refractivity (Wildman–Crippen MR) is 90.7 cm³/mol. The zero-order chi connectivity index (χ0) is 15.7. The van der Waals surface area contributed by atoms with Crippen LogP contribution >= 0.6 is 6.64 Å². The highest BCUT2D eigenvalue weighted by Crippen LogP contribution is 2.55. The molecule has 0 radical (unpaired) electrons. The van der Waals surface area contributed by atoms with Crippen molar-refractivity contribution in [3.8, 4) is 0 Å². The molecular weight excluding hydrogens is 319 g/mol. The van der Waals surface area contributed by atoms with Crippen LogP contribution in [0.15, 0.2) is 23.0 Å². The van der Waals surface area contributed by atoms with E-state index in [9.17, 15) is 4.79 Å². The summed E-state index contributed by atoms with van der Waals surface area (Å²) in [5.74, 6) is 0.777. The van der Waals surface area contributed by atoms with Gasteiger partial charge in [0.25, 0.3) is 12.2 Å². The maximum absolute atomic E-state index is 12.1. The molecule has 3 heterocycles. The third-order valence-electron chi connectivity index (χ3n) is 4.39. The molecule has 2 aliphatic rings. The molecule has 1 aromatic heterocycles. The molecule has 0 spiro atoms. The van der Waals surface area contributed by atoms with Crippen LogP contribution in [0.1, 0.15) is 31.9 Å². The van der Waals surface area contributed by atoms with Crippen LogP contribution in [0.25, 0.3) is 0 Å². The molecule has 1 aromatic rings. The molecule has 0 aromatic carbocycles. The van der Waals surface area contributed by atoms with E-state index < -0.39 is 6.64 Å². The second-order valence-corrected chi connectivity index (χ2v) is 9.28. The van der Waals surface area contributed by atoms with E-state index in [0.717, 1.165) is 31.7 Å². The largest absolute Gasteiger partial charge is 0.318 e. The lowest BCUT2D eigenvalue weighted by atomic mass is 9.84. The minimum absolute atomic E-state index is 0.106. The molecule has 1 fully saturated rings. The van der Waals surface area contributed by atoms with Gasteiger partial charge in [0.1, 0.15) is 0 Å². The van der Waals surface area contributed by atoms with Gasteiger partial charge in [0.15, 0.2) is 0 Å². The Bertz CT molecular complexity index is 638. The molecule has 22 heavy (non-hydrogen) atoms. The number of pyridine rings is 1. The Hall–Kier alpha value is -0.520. The van der Waals surface area contributed by atoms with Crippen molar-refractivity contribution in [3.05, 3.63) is 34.2 Å². The summed E-state index contributed by atoms with van der Waals surface area (Å²) in [6, 6.07) is 5.57. The van der Waals surface area contributed by atoms with Crippen molar-refractivity contribution in [3.63, 3.8) is 0 Å². The summed E-state index contributed by atoms with van der Waals surface area (Å²) < 4.78 is 15.9. The Kier molecular flexibility index (Phi) is 4.86. The Balaban J connectivity index is 1.89. The van der Waals surface area contributed by atoms with Crippen LogP contribution in [0.2, 0.25) is 0 Å². The van der Waals surface area contributed by atoms with Gasteiger partial charge < -0.3 is 13.6 Å². The summed E-state index contributed by atoms with van der Waals surface area (Å²) in [7, 11) is 0. The molecular formula is C15H23N2O3PS. The van der Waals surface area contributed by atoms with Gasteiger partial charge in [0, 0.05) is 37.3 Å². The quantitative estimate of drug-likeness (QED) is 0.770. The minimum Gasteiger partial charge on any atom is -0.318 e. The van der Waals surface area contributed by atoms with Gasteiger partial charge >= 0.3 is 0 Å². The minimum atomic E-state index is -2.39. The van der Waals surface area contributed by atoms with Gasteiger partial charge in [0.2, 0.25) is 0 Å². The summed E-state index contributed by atoms with van der Waals surface area (Å²) in [4.78, 5) is 12.1. The monoisotopic (exact) mass is 342 g/mol. The number of nitrogens with zero attached hydrogens (tertiary/aromatic N) is 2. The van der Waals surface area contributed by atoms with E-state index in [-0.39, 0.29) is 5.56 Å². The van der Waals surface area contributed by atoms with Crippen LogP contribution in [0, 0.1) is 5.92 Å². The van der Waals surface area contributed by atoms with E-state index in [1.54, 1.807) is 6.07 Å². The average molecular weight is 342 g/mol. The van der Waals surface area contributed by atoms with Crippen LogP contribution in [0.4, 0.5) is 0 Å². The third-order valence-corrected chi connectivity index (χ3v) is 7.91. The topological polar surface area (TPSA) is 43.7 Å². The zero-order valence-electron chi connectivity index (χ0n) is 13.1. The van der Waals surface area contributed by atoms with Crippen LogP contribution in [0.5, 0.6) is 0 Å². The zero-order valence-corrected chi connectivity index (χ0v) is 14.8. The molecule has 122 valence electrons. The van der Waals surface area contributed by atoms with Crippen LogP contribution in [-0.4, -0.2) is 35.5 Å². The van der Waals surface area contributed by atoms with Gasteiger partial charge in [-0.3, -0.25) is 4.79 Å². The smallest absolute Gasteiger partial charge is 0.263 e. The predicted octanol–water partition coefficient (Wildman–Crippen LogP) is 2.56. The maximum Gasteiger partial charge on any atom is 0.263 e. The number of piperidine rings is 1. The van der Waals surface area contributed by atoms with E-state index in [0.29, 0.717) is 25.0 Å². The standard InChI is InChI=1S/C15H23N2O3PS/c1-3-19-21(22,20-4-2)16-9-12-8-13(11-16)14-6-5-7-15(18)17(14)10-12/h5-7,12-13H,3-4,8-11H2,1-2H3. The lowest BCUT2D eigenvalue weighted by Crippen LogP contribution is -2.46. The summed E-state index contributed by atoms with van der Waals surface area (Å²) >= 11 is 5.75. The molecule has 1 saturated heterocycles. The number of fused-ring (bicyclic) bond motifs is 4. The Morgan fingerprint density at radius 2 is 1.95 bits per heavy atom. The van der Waals surface area contributed by atoms with E-state index in [2.05, 4.69) is 10.7 Å². The molecule has 2 bridgehead atoms. The van der Waals surface area contributed by atoms with Gasteiger partial charge in [-0.15, -0.1) is 0 Å². The second kappa shape index (κ2) is 6.54. The fraction of sp³-hybridized carbons (Fsp3) is 0.667. The van der Waals surface area contributed by atoms with Crippen molar-refractivity contribution < 1.29 is 9.05 Å². The third kappa shape index (κ3) is 2.95. The molecule has 0 aliphatic carbocycles. The van der Waals surface area contributed by atoms with Gasteiger partial charge in [0.05, 0.1) is 13.2 Å². The molecule has 5 nitrogen and oxygen atoms in total. The molecule has 7 heteroatoms. The molecule has 3 rings (SSSR count). The highest BCUT2D eigenvalue weighted by Gasteiger charge is 2.40. The first kappa shape index (κ1) is 16.3. The van der Waals surface area contributed by atoms with Crippen molar-refractivity contribution in [2.45, 2.75) is 32.7 Å². The van der Waals surface area contributed by atoms with Gasteiger partial charge in [-0.1, -0.05) is 6.07 Å². The number of aromatic nitrogens is 1. The Morgan fingerprint density at radius 3 is 2.64 bits per heavy atom. The van der Waals surface area contributed by atoms with E-state index in [4.69, 9.17) is 20.9 Å². The first-order valence-electron chi connectivity index (χ1n) is 7.91. The summed E-state index contributed by atoms with van der Waals surface area (Å²) in [6.07, 6.45) is 1.12. The first-order valence-corrected chi connectivity index (χ1v) is 10.5. The fourth-order valence-corrected chi connectivity index (χ4v) is 6.51. The lowest BCUT2D eigenvalue weighted by molar-refractivity contribution is 0.144. The Morgan fingerprint density at radius 1 is 1.23 bits per heavy atom. The highest BCUT2D eigenvalue weighted by atomic mass is 32.5. The van der Waals surface area contributed by atoms with Gasteiger partial charge in [-0.2, -0.15) is 0 Å². The van der Waals surface area contributed by atoms with Crippen molar-refractivity contribution >= 4 is 18.4 Å². The lowest BCUT2D eigenvalue weighted by Gasteiger charge is -2.45. The summed E-state index contributed by atoms with van der Waals surface area (Å²) in [5, 5.41) is 0. The summed E-state index contributed by atoms with van der Waals surface area (Å²) in [5.41, 5.74) is 1.23. The average Bonchev–Trinajstić information content (AvgIpc) is 2.49. The van der Waals surface area contributed by atoms with Crippen LogP contribution in [0.3, 0.4) is 0 Å². The molecule has 2 unspecified atom stereocenters. The number of hydrogen-bond acceptors (Lipinski definition) is 4. The van der Waals surface area contributed by atoms with Gasteiger partial charge in [-0.25, -0.2) is 4.67 Å². The molecule has 2 aliphatic heterocycles. The van der Waals surface area contributed by atoms with Crippen LogP contribution in [-0.2, 0) is 27.4 Å². The molecule has 2 atom stereocenters. The van der Waals surface area contributed by atoms with Crippen molar-refractivity contribution in [1.29, 1.82) is 0 Å². The maximum atomic E-state index is 12.1. The van der Waals surface area contributed by atoms with Crippen LogP contribution < -0.4 is 5.56 Å². The van der Waals surface area contributed by atoms with Gasteiger partial charge in [-0.05, 0) is 44.1 Å². The normalized spacial score (nSPS) is 25.0. The fourth-order valence-electron chi connectivity index (χ4n) is 3.60. The number of hydrogen-bond donors (Lipinski definition) is 0. The van der Waals surface area contributed by atoms with E-state index in [1.165, 1.54) is 0 Å². The molecule has 0 amide bonds. The molecule has 0 N–H and O–H groups in total. The Labute approximate surface area is 136 Å². The SMILES string of the molecule is CCOP(=S)(OCC)N1CC2CC(C1)c1cccc(=O)n1C2. The van der Waals surface area contributed by atoms with E-state index in [1.807, 2.05) is 24.5 Å². The van der Waals surface area contributed by atoms with Crippen molar-refractivity contribution in [2.75, 3.05) is 26.3 Å². The van der Waals surface area contributed by atoms with Crippen molar-refractivity contribution in [1.82, 2.24) is 9.24 Å². The van der Waals surface area contributed by atoms with Crippen molar-refractivity contribution in [2.24, 2.45) is 5.92 Å². The first-order chi connectivity index (χ1) is 10.6. The summed E-state index contributed by atoms with van der Waals surface area (Å²) in [6.45, 7) is 5.11. The second-order valence-electron chi connectivity index (χ2n) is 5.87.